The van der Waals surface area contributed by atoms with Crippen LogP contribution >= 0.6 is 0 Å². The van der Waals surface area contributed by atoms with Crippen LogP contribution in [0.4, 0.5) is 0 Å². The molecule has 1 saturated carbocycles. The molecule has 0 aromatic carbocycles. The maximum absolute atomic E-state index is 10.9. The standard InChI is InChI=1S/C13H23NO3/c15-13(16)9-14(12-5-1-2-6-12)8-11-4-3-7-17-10-11/h11-12H,1-10H2,(H,15,16). The van der Waals surface area contributed by atoms with Gasteiger partial charge in [0.15, 0.2) is 0 Å². The Morgan fingerprint density at radius 1 is 1.24 bits per heavy atom. The highest BCUT2D eigenvalue weighted by molar-refractivity contribution is 5.69. The molecule has 0 radical (unpaired) electrons. The van der Waals surface area contributed by atoms with Gasteiger partial charge < -0.3 is 9.84 Å². The predicted molar refractivity (Wildman–Crippen MR) is 65.0 cm³/mol. The van der Waals surface area contributed by atoms with Crippen LogP contribution in [0.15, 0.2) is 0 Å². The van der Waals surface area contributed by atoms with Crippen LogP contribution in [0.3, 0.4) is 0 Å². The van der Waals surface area contributed by atoms with E-state index in [1.807, 2.05) is 0 Å². The van der Waals surface area contributed by atoms with Crippen molar-refractivity contribution < 1.29 is 14.6 Å². The number of carboxylic acids is 1. The lowest BCUT2D eigenvalue weighted by molar-refractivity contribution is -0.139. The average Bonchev–Trinajstić information content (AvgIpc) is 2.82. The fourth-order valence-electron chi connectivity index (χ4n) is 3.07. The van der Waals surface area contributed by atoms with E-state index in [-0.39, 0.29) is 6.54 Å². The summed E-state index contributed by atoms with van der Waals surface area (Å²) in [6.07, 6.45) is 7.14. The molecule has 4 heteroatoms. The van der Waals surface area contributed by atoms with E-state index >= 15 is 0 Å². The Labute approximate surface area is 103 Å². The summed E-state index contributed by atoms with van der Waals surface area (Å²) in [5.41, 5.74) is 0. The summed E-state index contributed by atoms with van der Waals surface area (Å²) >= 11 is 0. The minimum Gasteiger partial charge on any atom is -0.480 e. The van der Waals surface area contributed by atoms with Crippen LogP contribution in [0.25, 0.3) is 0 Å². The predicted octanol–water partition coefficient (Wildman–Crippen LogP) is 1.74. The van der Waals surface area contributed by atoms with Gasteiger partial charge in [-0.3, -0.25) is 9.69 Å². The van der Waals surface area contributed by atoms with Crippen molar-refractivity contribution in [2.24, 2.45) is 5.92 Å². The molecule has 1 saturated heterocycles. The molecule has 4 nitrogen and oxygen atoms in total. The molecule has 1 unspecified atom stereocenters. The highest BCUT2D eigenvalue weighted by atomic mass is 16.5. The molecule has 0 bridgehead atoms. The minimum atomic E-state index is -0.700. The summed E-state index contributed by atoms with van der Waals surface area (Å²) in [5, 5.41) is 9.00. The Hall–Kier alpha value is -0.610. The average molecular weight is 241 g/mol. The summed E-state index contributed by atoms with van der Waals surface area (Å²) in [6, 6.07) is 0.494. The monoisotopic (exact) mass is 241 g/mol. The number of aliphatic carboxylic acids is 1. The van der Waals surface area contributed by atoms with Gasteiger partial charge in [-0.15, -0.1) is 0 Å². The van der Waals surface area contributed by atoms with Crippen LogP contribution in [-0.4, -0.2) is 48.3 Å². The second-order valence-corrected chi connectivity index (χ2v) is 5.34. The van der Waals surface area contributed by atoms with Gasteiger partial charge in [-0.1, -0.05) is 12.8 Å². The van der Waals surface area contributed by atoms with Crippen LogP contribution in [0, 0.1) is 5.92 Å². The second kappa shape index (κ2) is 6.36. The summed E-state index contributed by atoms with van der Waals surface area (Å²) in [6.45, 7) is 2.78. The highest BCUT2D eigenvalue weighted by Crippen LogP contribution is 2.25. The largest absolute Gasteiger partial charge is 0.480 e. The number of rotatable bonds is 5. The summed E-state index contributed by atoms with van der Waals surface area (Å²) in [4.78, 5) is 13.1. The molecule has 2 aliphatic rings. The molecular formula is C13H23NO3. The quantitative estimate of drug-likeness (QED) is 0.796. The van der Waals surface area contributed by atoms with Gasteiger partial charge in [0.25, 0.3) is 0 Å². The van der Waals surface area contributed by atoms with E-state index in [0.717, 1.165) is 26.2 Å². The molecule has 98 valence electrons. The zero-order valence-corrected chi connectivity index (χ0v) is 10.4. The van der Waals surface area contributed by atoms with Crippen molar-refractivity contribution in [1.29, 1.82) is 0 Å². The number of ether oxygens (including phenoxy) is 1. The number of carboxylic acid groups (broad SMARTS) is 1. The number of nitrogens with zero attached hydrogens (tertiary/aromatic N) is 1. The molecule has 0 aromatic heterocycles. The molecule has 17 heavy (non-hydrogen) atoms. The van der Waals surface area contributed by atoms with Crippen molar-refractivity contribution in [2.75, 3.05) is 26.3 Å². The minimum absolute atomic E-state index is 0.196. The van der Waals surface area contributed by atoms with Crippen molar-refractivity contribution in [2.45, 2.75) is 44.6 Å². The zero-order valence-electron chi connectivity index (χ0n) is 10.4. The van der Waals surface area contributed by atoms with E-state index in [0.29, 0.717) is 12.0 Å². The van der Waals surface area contributed by atoms with Gasteiger partial charge in [0.05, 0.1) is 13.2 Å². The fraction of sp³-hybridized carbons (Fsp3) is 0.923. The first-order chi connectivity index (χ1) is 8.25. The number of carbonyl (C=O) groups is 1. The van der Waals surface area contributed by atoms with Crippen LogP contribution in [0.5, 0.6) is 0 Å². The molecule has 1 atom stereocenters. The first-order valence-electron chi connectivity index (χ1n) is 6.79. The molecule has 2 rings (SSSR count). The van der Waals surface area contributed by atoms with Crippen LogP contribution in [-0.2, 0) is 9.53 Å². The molecule has 2 fully saturated rings. The first-order valence-corrected chi connectivity index (χ1v) is 6.79. The Morgan fingerprint density at radius 3 is 2.59 bits per heavy atom. The second-order valence-electron chi connectivity index (χ2n) is 5.34. The van der Waals surface area contributed by atoms with Crippen LogP contribution in [0.1, 0.15) is 38.5 Å². The molecule has 0 amide bonds. The first kappa shape index (κ1) is 12.8. The van der Waals surface area contributed by atoms with Gasteiger partial charge >= 0.3 is 5.97 Å². The van der Waals surface area contributed by atoms with Crippen LogP contribution in [0.2, 0.25) is 0 Å². The maximum atomic E-state index is 10.9. The third-order valence-electron chi connectivity index (χ3n) is 3.93. The van der Waals surface area contributed by atoms with E-state index in [2.05, 4.69) is 4.90 Å². The van der Waals surface area contributed by atoms with Crippen LogP contribution < -0.4 is 0 Å². The molecule has 1 aliphatic heterocycles. The fourth-order valence-corrected chi connectivity index (χ4v) is 3.07. The van der Waals surface area contributed by atoms with Crippen molar-refractivity contribution in [3.63, 3.8) is 0 Å². The molecule has 0 spiro atoms. The zero-order chi connectivity index (χ0) is 12.1. The van der Waals surface area contributed by atoms with E-state index in [1.165, 1.54) is 32.1 Å². The van der Waals surface area contributed by atoms with E-state index in [1.54, 1.807) is 0 Å². The van der Waals surface area contributed by atoms with Gasteiger partial charge in [0.2, 0.25) is 0 Å². The molecule has 1 heterocycles. The lowest BCUT2D eigenvalue weighted by Crippen LogP contribution is -2.42. The van der Waals surface area contributed by atoms with E-state index < -0.39 is 5.97 Å². The summed E-state index contributed by atoms with van der Waals surface area (Å²) in [7, 11) is 0. The topological polar surface area (TPSA) is 49.8 Å². The third kappa shape index (κ3) is 3.96. The normalized spacial score (nSPS) is 26.5. The maximum Gasteiger partial charge on any atom is 0.317 e. The molecule has 1 N–H and O–H groups in total. The Bertz CT molecular complexity index is 245. The SMILES string of the molecule is O=C(O)CN(CC1CCCOC1)C1CCCC1. The van der Waals surface area contributed by atoms with Crippen molar-refractivity contribution in [1.82, 2.24) is 4.90 Å². The lowest BCUT2D eigenvalue weighted by Gasteiger charge is -2.32. The Morgan fingerprint density at radius 2 is 2.00 bits per heavy atom. The van der Waals surface area contributed by atoms with Gasteiger partial charge in [-0.25, -0.2) is 0 Å². The Kier molecular flexibility index (Phi) is 4.80. The third-order valence-corrected chi connectivity index (χ3v) is 3.93. The van der Waals surface area contributed by atoms with Crippen molar-refractivity contribution in [3.8, 4) is 0 Å². The summed E-state index contributed by atoms with van der Waals surface area (Å²) < 4.78 is 5.48. The van der Waals surface area contributed by atoms with E-state index in [4.69, 9.17) is 9.84 Å². The molecule has 0 aromatic rings. The van der Waals surface area contributed by atoms with Crippen molar-refractivity contribution in [3.05, 3.63) is 0 Å². The van der Waals surface area contributed by atoms with E-state index in [9.17, 15) is 4.79 Å². The summed E-state index contributed by atoms with van der Waals surface area (Å²) in [5.74, 6) is -0.169. The van der Waals surface area contributed by atoms with Gasteiger partial charge in [-0.05, 0) is 31.6 Å². The van der Waals surface area contributed by atoms with Gasteiger partial charge in [-0.2, -0.15) is 0 Å². The van der Waals surface area contributed by atoms with Gasteiger partial charge in [0.1, 0.15) is 0 Å². The molecule has 1 aliphatic carbocycles. The number of hydrogen-bond donors (Lipinski definition) is 1. The Balaban J connectivity index is 1.86. The highest BCUT2D eigenvalue weighted by Gasteiger charge is 2.27. The number of hydrogen-bond acceptors (Lipinski definition) is 3. The molecular weight excluding hydrogens is 218 g/mol. The smallest absolute Gasteiger partial charge is 0.317 e. The van der Waals surface area contributed by atoms with Gasteiger partial charge in [0, 0.05) is 19.2 Å². The lowest BCUT2D eigenvalue weighted by atomic mass is 10.0. The van der Waals surface area contributed by atoms with Crippen molar-refractivity contribution >= 4 is 5.97 Å².